The molecule has 1 atom stereocenters. The molecule has 29 heavy (non-hydrogen) atoms. The van der Waals surface area contributed by atoms with Crippen LogP contribution in [0.2, 0.25) is 5.02 Å². The van der Waals surface area contributed by atoms with E-state index in [4.69, 9.17) is 25.8 Å². The van der Waals surface area contributed by atoms with E-state index in [0.29, 0.717) is 11.5 Å². The number of methoxy groups -OCH3 is 1. The van der Waals surface area contributed by atoms with Crippen molar-refractivity contribution in [1.29, 1.82) is 0 Å². The quantitative estimate of drug-likeness (QED) is 0.664. The lowest BCUT2D eigenvalue weighted by molar-refractivity contribution is -0.128. The Balaban J connectivity index is 1.99. The number of benzene rings is 2. The SMILES string of the molecule is COc1cc(C(=O)NNC(=O)C(C)Oc2ccc(F)cc2)cc(Cl)c1OC(C)C. The van der Waals surface area contributed by atoms with Crippen molar-refractivity contribution >= 4 is 23.4 Å². The lowest BCUT2D eigenvalue weighted by atomic mass is 10.2. The van der Waals surface area contributed by atoms with Gasteiger partial charge in [0.05, 0.1) is 18.2 Å². The molecule has 0 aliphatic heterocycles. The maximum absolute atomic E-state index is 12.9. The standard InChI is InChI=1S/C20H22ClFN2O5/c1-11(2)28-18-16(21)9-13(10-17(18)27-4)20(26)24-23-19(25)12(3)29-15-7-5-14(22)6-8-15/h5-12H,1-4H3,(H,23,25)(H,24,26). The number of rotatable bonds is 7. The lowest BCUT2D eigenvalue weighted by Crippen LogP contribution is -2.47. The first-order valence-corrected chi connectivity index (χ1v) is 9.15. The van der Waals surface area contributed by atoms with Crippen LogP contribution in [-0.2, 0) is 4.79 Å². The Labute approximate surface area is 173 Å². The summed E-state index contributed by atoms with van der Waals surface area (Å²) < 4.78 is 29.1. The summed E-state index contributed by atoms with van der Waals surface area (Å²) in [6, 6.07) is 8.07. The number of halogens is 2. The van der Waals surface area contributed by atoms with Gasteiger partial charge in [-0.1, -0.05) is 11.6 Å². The van der Waals surface area contributed by atoms with Crippen LogP contribution in [0, 0.1) is 5.82 Å². The molecular formula is C20H22ClFN2O5. The fourth-order valence-electron chi connectivity index (χ4n) is 2.26. The highest BCUT2D eigenvalue weighted by atomic mass is 35.5. The van der Waals surface area contributed by atoms with Crippen molar-refractivity contribution in [3.05, 3.63) is 52.8 Å². The van der Waals surface area contributed by atoms with Crippen molar-refractivity contribution in [2.24, 2.45) is 0 Å². The Hall–Kier alpha value is -3.00. The molecule has 0 saturated carbocycles. The van der Waals surface area contributed by atoms with Crippen molar-refractivity contribution in [3.8, 4) is 17.2 Å². The third-order valence-corrected chi connectivity index (χ3v) is 3.92. The van der Waals surface area contributed by atoms with Crippen LogP contribution in [0.1, 0.15) is 31.1 Å². The third-order valence-electron chi connectivity index (χ3n) is 3.64. The summed E-state index contributed by atoms with van der Waals surface area (Å²) in [5.74, 6) is -0.691. The van der Waals surface area contributed by atoms with Gasteiger partial charge in [-0.15, -0.1) is 0 Å². The van der Waals surface area contributed by atoms with Crippen LogP contribution in [-0.4, -0.2) is 31.1 Å². The molecule has 1 unspecified atom stereocenters. The van der Waals surface area contributed by atoms with Crippen LogP contribution < -0.4 is 25.1 Å². The summed E-state index contributed by atoms with van der Waals surface area (Å²) in [6.07, 6.45) is -1.07. The highest BCUT2D eigenvalue weighted by Crippen LogP contribution is 2.37. The minimum atomic E-state index is -0.930. The van der Waals surface area contributed by atoms with Crippen LogP contribution >= 0.6 is 11.6 Å². The molecule has 0 aliphatic rings. The molecule has 2 amide bonds. The average molecular weight is 425 g/mol. The summed E-state index contributed by atoms with van der Waals surface area (Å²) in [5, 5.41) is 0.197. The van der Waals surface area contributed by atoms with E-state index in [2.05, 4.69) is 10.9 Å². The molecule has 2 aromatic rings. The van der Waals surface area contributed by atoms with Gasteiger partial charge in [-0.05, 0) is 57.2 Å². The van der Waals surface area contributed by atoms with Gasteiger partial charge in [0, 0.05) is 5.56 Å². The predicted octanol–water partition coefficient (Wildman–Crippen LogP) is 3.50. The predicted molar refractivity (Wildman–Crippen MR) is 106 cm³/mol. The second-order valence-electron chi connectivity index (χ2n) is 6.31. The van der Waals surface area contributed by atoms with Gasteiger partial charge >= 0.3 is 0 Å². The molecule has 2 rings (SSSR count). The number of nitrogens with one attached hydrogen (secondary N) is 2. The van der Waals surface area contributed by atoms with Gasteiger partial charge in [0.15, 0.2) is 17.6 Å². The van der Waals surface area contributed by atoms with E-state index < -0.39 is 23.7 Å². The van der Waals surface area contributed by atoms with Crippen LogP contribution in [0.25, 0.3) is 0 Å². The zero-order valence-electron chi connectivity index (χ0n) is 16.4. The fourth-order valence-corrected chi connectivity index (χ4v) is 2.52. The van der Waals surface area contributed by atoms with Crippen molar-refractivity contribution in [1.82, 2.24) is 10.9 Å². The van der Waals surface area contributed by atoms with Gasteiger partial charge in [0.25, 0.3) is 11.8 Å². The first-order chi connectivity index (χ1) is 13.7. The molecule has 0 aliphatic carbocycles. The molecule has 0 saturated heterocycles. The van der Waals surface area contributed by atoms with Gasteiger partial charge in [-0.2, -0.15) is 0 Å². The molecule has 0 radical (unpaired) electrons. The van der Waals surface area contributed by atoms with E-state index in [-0.39, 0.29) is 22.4 Å². The Morgan fingerprint density at radius 3 is 2.28 bits per heavy atom. The van der Waals surface area contributed by atoms with Gasteiger partial charge in [0.1, 0.15) is 11.6 Å². The van der Waals surface area contributed by atoms with E-state index in [1.165, 1.54) is 50.4 Å². The summed E-state index contributed by atoms with van der Waals surface area (Å²) in [4.78, 5) is 24.5. The Morgan fingerprint density at radius 2 is 1.69 bits per heavy atom. The smallest absolute Gasteiger partial charge is 0.279 e. The molecule has 0 spiro atoms. The molecule has 0 bridgehead atoms. The minimum absolute atomic E-state index is 0.136. The summed E-state index contributed by atoms with van der Waals surface area (Å²) >= 11 is 6.20. The third kappa shape index (κ3) is 6.25. The van der Waals surface area contributed by atoms with Crippen LogP contribution in [0.15, 0.2) is 36.4 Å². The van der Waals surface area contributed by atoms with Crippen molar-refractivity contribution in [2.75, 3.05) is 7.11 Å². The van der Waals surface area contributed by atoms with E-state index >= 15 is 0 Å². The normalized spacial score (nSPS) is 11.6. The van der Waals surface area contributed by atoms with Gasteiger partial charge in [0.2, 0.25) is 0 Å². The van der Waals surface area contributed by atoms with Crippen LogP contribution in [0.5, 0.6) is 17.2 Å². The minimum Gasteiger partial charge on any atom is -0.493 e. The monoisotopic (exact) mass is 424 g/mol. The van der Waals surface area contributed by atoms with E-state index in [9.17, 15) is 14.0 Å². The van der Waals surface area contributed by atoms with E-state index in [0.717, 1.165) is 0 Å². The van der Waals surface area contributed by atoms with Gasteiger partial charge in [-0.25, -0.2) is 4.39 Å². The molecule has 0 fully saturated rings. The molecule has 7 nitrogen and oxygen atoms in total. The van der Waals surface area contributed by atoms with Gasteiger partial charge < -0.3 is 14.2 Å². The zero-order chi connectivity index (χ0) is 21.6. The number of hydrazine groups is 1. The van der Waals surface area contributed by atoms with E-state index in [1.54, 1.807) is 0 Å². The number of carbonyl (C=O) groups is 2. The fraction of sp³-hybridized carbons (Fsp3) is 0.300. The second-order valence-corrected chi connectivity index (χ2v) is 6.72. The molecule has 0 aromatic heterocycles. The Kier molecular flexibility index (Phi) is 7.67. The zero-order valence-corrected chi connectivity index (χ0v) is 17.2. The molecular weight excluding hydrogens is 403 g/mol. The highest BCUT2D eigenvalue weighted by Gasteiger charge is 2.19. The summed E-state index contributed by atoms with van der Waals surface area (Å²) in [5.41, 5.74) is 4.71. The number of carbonyl (C=O) groups excluding carboxylic acids is 2. The van der Waals surface area contributed by atoms with Gasteiger partial charge in [-0.3, -0.25) is 20.4 Å². The van der Waals surface area contributed by atoms with Crippen molar-refractivity contribution in [3.63, 3.8) is 0 Å². The number of amides is 2. The topological polar surface area (TPSA) is 85.9 Å². The second kappa shape index (κ2) is 9.97. The average Bonchev–Trinajstić information content (AvgIpc) is 2.68. The first-order valence-electron chi connectivity index (χ1n) is 8.78. The Bertz CT molecular complexity index is 874. The first kappa shape index (κ1) is 22.3. The molecule has 156 valence electrons. The summed E-state index contributed by atoms with van der Waals surface area (Å²) in [7, 11) is 1.43. The molecule has 0 heterocycles. The molecule has 2 aromatic carbocycles. The number of hydrogen-bond donors (Lipinski definition) is 2. The molecule has 9 heteroatoms. The largest absolute Gasteiger partial charge is 0.493 e. The van der Waals surface area contributed by atoms with Crippen molar-refractivity contribution < 1.29 is 28.2 Å². The Morgan fingerprint density at radius 1 is 1.03 bits per heavy atom. The van der Waals surface area contributed by atoms with Crippen LogP contribution in [0.4, 0.5) is 4.39 Å². The molecule has 2 N–H and O–H groups in total. The number of ether oxygens (including phenoxy) is 3. The summed E-state index contributed by atoms with van der Waals surface area (Å²) in [6.45, 7) is 5.16. The van der Waals surface area contributed by atoms with Crippen LogP contribution in [0.3, 0.4) is 0 Å². The maximum Gasteiger partial charge on any atom is 0.279 e. The lowest BCUT2D eigenvalue weighted by Gasteiger charge is -2.17. The highest BCUT2D eigenvalue weighted by molar-refractivity contribution is 6.32. The van der Waals surface area contributed by atoms with E-state index in [1.807, 2.05) is 13.8 Å². The number of hydrogen-bond acceptors (Lipinski definition) is 5. The van der Waals surface area contributed by atoms with Crippen molar-refractivity contribution in [2.45, 2.75) is 33.0 Å². The maximum atomic E-state index is 12.9.